The van der Waals surface area contributed by atoms with Gasteiger partial charge in [-0.3, -0.25) is 14.5 Å². The van der Waals surface area contributed by atoms with Crippen LogP contribution in [0.15, 0.2) is 65.7 Å². The Labute approximate surface area is 207 Å². The summed E-state index contributed by atoms with van der Waals surface area (Å²) in [5.74, 6) is 1.84. The third-order valence-electron chi connectivity index (χ3n) is 6.34. The number of benzene rings is 2. The standard InChI is InChI=1S/C27H26N6O3/c1-27(2,3)16-7-6-8-17(11-16)33-24-19(23-20(25(33)34)14-30-32-23)13-29-26(31-24)28-12-18-15-35-21-9-4-5-10-22(21)36-18/h4-11,13-14,18H,12,15H2,1-3H3,(H,30,32)(H,28,29,31)/t18-/m0/s1. The molecule has 0 aliphatic carbocycles. The Bertz CT molecular complexity index is 1650. The van der Waals surface area contributed by atoms with E-state index in [1.165, 1.54) is 0 Å². The van der Waals surface area contributed by atoms with Crippen molar-refractivity contribution in [2.45, 2.75) is 32.3 Å². The maximum atomic E-state index is 13.6. The van der Waals surface area contributed by atoms with Crippen LogP contribution in [0, 0.1) is 0 Å². The van der Waals surface area contributed by atoms with Gasteiger partial charge in [-0.25, -0.2) is 4.98 Å². The van der Waals surface area contributed by atoms with Crippen LogP contribution in [0.2, 0.25) is 0 Å². The lowest BCUT2D eigenvalue weighted by Gasteiger charge is -2.26. The second kappa shape index (κ2) is 8.37. The fraction of sp³-hybridized carbons (Fsp3) is 0.259. The number of ether oxygens (including phenoxy) is 2. The molecular weight excluding hydrogens is 456 g/mol. The smallest absolute Gasteiger partial charge is 0.267 e. The van der Waals surface area contributed by atoms with Crippen LogP contribution in [-0.4, -0.2) is 44.0 Å². The zero-order valence-electron chi connectivity index (χ0n) is 20.3. The van der Waals surface area contributed by atoms with E-state index in [0.29, 0.717) is 46.8 Å². The summed E-state index contributed by atoms with van der Waals surface area (Å²) in [6.45, 7) is 7.29. The molecule has 0 fully saturated rings. The minimum absolute atomic E-state index is 0.0719. The van der Waals surface area contributed by atoms with Crippen LogP contribution >= 0.6 is 0 Å². The molecule has 9 heteroatoms. The maximum absolute atomic E-state index is 13.6. The van der Waals surface area contributed by atoms with E-state index < -0.39 is 0 Å². The van der Waals surface area contributed by atoms with Crippen molar-refractivity contribution >= 4 is 27.9 Å². The molecule has 1 atom stereocenters. The lowest BCUT2D eigenvalue weighted by atomic mass is 9.87. The zero-order valence-corrected chi connectivity index (χ0v) is 20.3. The number of nitrogens with zero attached hydrogens (tertiary/aromatic N) is 4. The predicted molar refractivity (Wildman–Crippen MR) is 138 cm³/mol. The topological polar surface area (TPSA) is 107 Å². The molecule has 1 aliphatic heterocycles. The number of anilines is 1. The molecular formula is C27H26N6O3. The van der Waals surface area contributed by atoms with Crippen LogP contribution in [0.25, 0.3) is 27.6 Å². The van der Waals surface area contributed by atoms with Gasteiger partial charge in [-0.05, 0) is 35.2 Å². The molecule has 0 saturated carbocycles. The summed E-state index contributed by atoms with van der Waals surface area (Å²) in [4.78, 5) is 22.8. The van der Waals surface area contributed by atoms with Crippen molar-refractivity contribution in [2.24, 2.45) is 0 Å². The highest BCUT2D eigenvalue weighted by Gasteiger charge is 2.22. The Morgan fingerprint density at radius 2 is 1.94 bits per heavy atom. The molecule has 1 aliphatic rings. The number of H-pyrrole nitrogens is 1. The normalized spacial score (nSPS) is 15.4. The van der Waals surface area contributed by atoms with E-state index in [-0.39, 0.29) is 17.1 Å². The molecule has 36 heavy (non-hydrogen) atoms. The number of hydrogen-bond donors (Lipinski definition) is 2. The Morgan fingerprint density at radius 1 is 1.11 bits per heavy atom. The summed E-state index contributed by atoms with van der Waals surface area (Å²) in [7, 11) is 0. The first-order valence-electron chi connectivity index (χ1n) is 11.9. The van der Waals surface area contributed by atoms with Crippen LogP contribution in [0.5, 0.6) is 11.5 Å². The number of aromatic amines is 1. The van der Waals surface area contributed by atoms with Gasteiger partial charge >= 0.3 is 0 Å². The van der Waals surface area contributed by atoms with E-state index in [0.717, 1.165) is 17.0 Å². The predicted octanol–water partition coefficient (Wildman–Crippen LogP) is 4.21. The van der Waals surface area contributed by atoms with Crippen molar-refractivity contribution in [3.63, 3.8) is 0 Å². The molecule has 182 valence electrons. The zero-order chi connectivity index (χ0) is 24.9. The summed E-state index contributed by atoms with van der Waals surface area (Å²) in [5, 5.41) is 11.5. The third kappa shape index (κ3) is 3.82. The number of fused-ring (bicyclic) bond motifs is 4. The van der Waals surface area contributed by atoms with Gasteiger partial charge in [-0.2, -0.15) is 10.1 Å². The Morgan fingerprint density at radius 3 is 2.78 bits per heavy atom. The van der Waals surface area contributed by atoms with Gasteiger partial charge in [-0.15, -0.1) is 0 Å². The largest absolute Gasteiger partial charge is 0.486 e. The number of hydrogen-bond acceptors (Lipinski definition) is 7. The van der Waals surface area contributed by atoms with Gasteiger partial charge in [0.1, 0.15) is 18.2 Å². The molecule has 6 rings (SSSR count). The second-order valence-electron chi connectivity index (χ2n) is 9.90. The van der Waals surface area contributed by atoms with Crippen molar-refractivity contribution in [3.8, 4) is 17.2 Å². The molecule has 9 nitrogen and oxygen atoms in total. The van der Waals surface area contributed by atoms with Crippen molar-refractivity contribution in [1.29, 1.82) is 0 Å². The van der Waals surface area contributed by atoms with E-state index in [4.69, 9.17) is 14.5 Å². The molecule has 0 bridgehead atoms. The molecule has 0 amide bonds. The number of aromatic nitrogens is 5. The average Bonchev–Trinajstić information content (AvgIpc) is 3.38. The van der Waals surface area contributed by atoms with Crippen molar-refractivity contribution in [2.75, 3.05) is 18.5 Å². The van der Waals surface area contributed by atoms with Gasteiger partial charge < -0.3 is 14.8 Å². The summed E-state index contributed by atoms with van der Waals surface area (Å²) < 4.78 is 13.5. The molecule has 0 radical (unpaired) electrons. The molecule has 3 aromatic heterocycles. The average molecular weight is 483 g/mol. The van der Waals surface area contributed by atoms with Crippen LogP contribution in [0.4, 0.5) is 5.95 Å². The van der Waals surface area contributed by atoms with E-state index in [2.05, 4.69) is 47.3 Å². The highest BCUT2D eigenvalue weighted by atomic mass is 16.6. The third-order valence-corrected chi connectivity index (χ3v) is 6.34. The van der Waals surface area contributed by atoms with Crippen LogP contribution < -0.4 is 20.3 Å². The summed E-state index contributed by atoms with van der Waals surface area (Å²) in [6, 6.07) is 15.6. The number of para-hydroxylation sites is 2. The number of pyridine rings is 1. The fourth-order valence-corrected chi connectivity index (χ4v) is 4.39. The first-order chi connectivity index (χ1) is 17.4. The van der Waals surface area contributed by atoms with Gasteiger partial charge in [0.25, 0.3) is 5.56 Å². The molecule has 2 N–H and O–H groups in total. The SMILES string of the molecule is CC(C)(C)c1cccc(-n2c(=O)c3c[nH]nc3c3cnc(NC[C@H]4COc5ccccc5O4)nc32)c1. The lowest BCUT2D eigenvalue weighted by molar-refractivity contribution is 0.0996. The molecule has 5 aromatic rings. The van der Waals surface area contributed by atoms with E-state index in [9.17, 15) is 4.79 Å². The number of rotatable bonds is 4. The molecule has 2 aromatic carbocycles. The quantitative estimate of drug-likeness (QED) is 0.395. The fourth-order valence-electron chi connectivity index (χ4n) is 4.39. The summed E-state index contributed by atoms with van der Waals surface area (Å²) in [6.07, 6.45) is 3.11. The first kappa shape index (κ1) is 22.1. The van der Waals surface area contributed by atoms with E-state index in [1.54, 1.807) is 17.0 Å². The van der Waals surface area contributed by atoms with Crippen molar-refractivity contribution < 1.29 is 9.47 Å². The van der Waals surface area contributed by atoms with Gasteiger partial charge in [0.2, 0.25) is 5.95 Å². The summed E-state index contributed by atoms with van der Waals surface area (Å²) in [5.41, 5.74) is 2.62. The van der Waals surface area contributed by atoms with E-state index in [1.807, 2.05) is 42.5 Å². The highest BCUT2D eigenvalue weighted by molar-refractivity contribution is 6.02. The van der Waals surface area contributed by atoms with Gasteiger partial charge in [0.05, 0.1) is 23.0 Å². The molecule has 0 saturated heterocycles. The minimum atomic E-state index is -0.210. The van der Waals surface area contributed by atoms with Crippen LogP contribution in [0.3, 0.4) is 0 Å². The number of nitrogens with one attached hydrogen (secondary N) is 2. The van der Waals surface area contributed by atoms with E-state index >= 15 is 0 Å². The maximum Gasteiger partial charge on any atom is 0.267 e. The molecule has 0 spiro atoms. The van der Waals surface area contributed by atoms with Crippen molar-refractivity contribution in [1.82, 2.24) is 24.7 Å². The van der Waals surface area contributed by atoms with Gasteiger partial charge in [0.15, 0.2) is 17.1 Å². The monoisotopic (exact) mass is 482 g/mol. The second-order valence-corrected chi connectivity index (χ2v) is 9.90. The lowest BCUT2D eigenvalue weighted by Crippen LogP contribution is -2.35. The first-order valence-corrected chi connectivity index (χ1v) is 11.9. The Hall–Kier alpha value is -4.40. The Kier molecular flexibility index (Phi) is 5.13. The highest BCUT2D eigenvalue weighted by Crippen LogP contribution is 2.31. The summed E-state index contributed by atoms with van der Waals surface area (Å²) >= 11 is 0. The molecule has 4 heterocycles. The minimum Gasteiger partial charge on any atom is -0.486 e. The van der Waals surface area contributed by atoms with Gasteiger partial charge in [-0.1, -0.05) is 45.0 Å². The van der Waals surface area contributed by atoms with Crippen molar-refractivity contribution in [3.05, 3.63) is 76.8 Å². The van der Waals surface area contributed by atoms with Crippen LogP contribution in [-0.2, 0) is 5.41 Å². The molecule has 0 unspecified atom stereocenters. The Balaban J connectivity index is 1.40. The van der Waals surface area contributed by atoms with Crippen LogP contribution in [0.1, 0.15) is 26.3 Å². The van der Waals surface area contributed by atoms with Gasteiger partial charge in [0, 0.05) is 12.4 Å².